The van der Waals surface area contributed by atoms with Crippen LogP contribution in [-0.4, -0.2) is 29.3 Å². The van der Waals surface area contributed by atoms with E-state index in [2.05, 4.69) is 32.6 Å². The van der Waals surface area contributed by atoms with Crippen LogP contribution in [-0.2, 0) is 16.6 Å². The molecule has 1 aliphatic carbocycles. The highest BCUT2D eigenvalue weighted by Gasteiger charge is 2.30. The molecule has 1 N–H and O–H groups in total. The molecule has 1 saturated carbocycles. The van der Waals surface area contributed by atoms with Gasteiger partial charge in [0.05, 0.1) is 0 Å². The summed E-state index contributed by atoms with van der Waals surface area (Å²) in [7, 11) is -3.53. The molecule has 0 aliphatic heterocycles. The van der Waals surface area contributed by atoms with Gasteiger partial charge >= 0.3 is 0 Å². The van der Waals surface area contributed by atoms with Gasteiger partial charge in [-0.1, -0.05) is 35.7 Å². The molecule has 1 heterocycles. The fraction of sp³-hybridized carbons (Fsp3) is 0.786. The predicted molar refractivity (Wildman–Crippen MR) is 87.1 cm³/mol. The first-order valence-corrected chi connectivity index (χ1v) is 10.2. The third kappa shape index (κ3) is 4.07. The second-order valence-corrected chi connectivity index (χ2v) is 8.05. The Morgan fingerprint density at radius 2 is 2.14 bits per heavy atom. The smallest absolute Gasteiger partial charge is 0.259 e. The second-order valence-electron chi connectivity index (χ2n) is 5.75. The van der Waals surface area contributed by atoms with Gasteiger partial charge in [0, 0.05) is 24.1 Å². The van der Waals surface area contributed by atoms with Gasteiger partial charge in [-0.3, -0.25) is 0 Å². The summed E-state index contributed by atoms with van der Waals surface area (Å²) in [5.41, 5.74) is 0. The van der Waals surface area contributed by atoms with Gasteiger partial charge in [-0.15, -0.1) is 0 Å². The minimum absolute atomic E-state index is 0.0137. The van der Waals surface area contributed by atoms with Crippen molar-refractivity contribution in [3.05, 3.63) is 12.0 Å². The maximum Gasteiger partial charge on any atom is 0.259 e. The summed E-state index contributed by atoms with van der Waals surface area (Å²) in [4.78, 5) is 4.22. The zero-order chi connectivity index (χ0) is 15.5. The Bertz CT molecular complexity index is 571. The maximum atomic E-state index is 12.5. The molecule has 2 atom stereocenters. The number of halogens is 1. The molecule has 0 saturated heterocycles. The van der Waals surface area contributed by atoms with Crippen molar-refractivity contribution in [3.63, 3.8) is 0 Å². The molecule has 0 amide bonds. The fourth-order valence-corrected chi connectivity index (χ4v) is 5.01. The second kappa shape index (κ2) is 7.24. The number of imidazole rings is 1. The van der Waals surface area contributed by atoms with Crippen molar-refractivity contribution in [1.29, 1.82) is 0 Å². The maximum absolute atomic E-state index is 12.5. The Kier molecular flexibility index (Phi) is 5.85. The SMILES string of the molecule is CCCn1cc(S(=O)(=O)NC2CCCCC2CBr)nc1C. The van der Waals surface area contributed by atoms with Crippen LogP contribution in [0, 0.1) is 12.8 Å². The molecule has 1 fully saturated rings. The van der Waals surface area contributed by atoms with Gasteiger partial charge in [0.1, 0.15) is 5.82 Å². The van der Waals surface area contributed by atoms with Crippen molar-refractivity contribution >= 4 is 26.0 Å². The molecule has 5 nitrogen and oxygen atoms in total. The van der Waals surface area contributed by atoms with Crippen LogP contribution < -0.4 is 4.72 Å². The Hall–Kier alpha value is -0.400. The van der Waals surface area contributed by atoms with E-state index in [0.717, 1.165) is 43.4 Å². The number of nitrogens with one attached hydrogen (secondary N) is 1. The molecule has 7 heteroatoms. The fourth-order valence-electron chi connectivity index (χ4n) is 2.88. The lowest BCUT2D eigenvalue weighted by molar-refractivity contribution is 0.316. The minimum atomic E-state index is -3.53. The first-order valence-electron chi connectivity index (χ1n) is 7.60. The van der Waals surface area contributed by atoms with Crippen LogP contribution in [0.3, 0.4) is 0 Å². The summed E-state index contributed by atoms with van der Waals surface area (Å²) in [6.07, 6.45) is 6.84. The van der Waals surface area contributed by atoms with Crippen LogP contribution in [0.2, 0.25) is 0 Å². The van der Waals surface area contributed by atoms with Crippen molar-refractivity contribution in [1.82, 2.24) is 14.3 Å². The molecule has 21 heavy (non-hydrogen) atoms. The van der Waals surface area contributed by atoms with Crippen LogP contribution in [0.25, 0.3) is 0 Å². The summed E-state index contributed by atoms with van der Waals surface area (Å²) in [5.74, 6) is 1.12. The Balaban J connectivity index is 2.15. The van der Waals surface area contributed by atoms with E-state index in [9.17, 15) is 8.42 Å². The third-order valence-corrected chi connectivity index (χ3v) is 6.30. The number of alkyl halides is 1. The molecule has 1 aromatic heterocycles. The molecule has 1 aromatic rings. The average molecular weight is 378 g/mol. The topological polar surface area (TPSA) is 64.0 Å². The van der Waals surface area contributed by atoms with Crippen LogP contribution in [0.15, 0.2) is 11.2 Å². The van der Waals surface area contributed by atoms with Crippen molar-refractivity contribution in [2.24, 2.45) is 5.92 Å². The Morgan fingerprint density at radius 1 is 1.43 bits per heavy atom. The van der Waals surface area contributed by atoms with Gasteiger partial charge in [0.2, 0.25) is 0 Å². The van der Waals surface area contributed by atoms with Crippen molar-refractivity contribution in [2.45, 2.75) is 63.6 Å². The summed E-state index contributed by atoms with van der Waals surface area (Å²) in [6, 6.07) is 0.0137. The van der Waals surface area contributed by atoms with E-state index in [1.54, 1.807) is 6.20 Å². The molecule has 0 aromatic carbocycles. The van der Waals surface area contributed by atoms with Gasteiger partial charge in [0.15, 0.2) is 5.03 Å². The molecule has 0 spiro atoms. The summed E-state index contributed by atoms with van der Waals surface area (Å²) >= 11 is 3.50. The number of nitrogens with zero attached hydrogens (tertiary/aromatic N) is 2. The highest BCUT2D eigenvalue weighted by Crippen LogP contribution is 2.27. The molecule has 1 aliphatic rings. The lowest BCUT2D eigenvalue weighted by atomic mass is 9.87. The van der Waals surface area contributed by atoms with E-state index in [1.807, 2.05) is 11.5 Å². The quantitative estimate of drug-likeness (QED) is 0.775. The van der Waals surface area contributed by atoms with Crippen LogP contribution in [0.5, 0.6) is 0 Å². The highest BCUT2D eigenvalue weighted by atomic mass is 79.9. The normalized spacial score (nSPS) is 23.4. The molecular formula is C14H24BrN3O2S. The molecule has 2 rings (SSSR count). The van der Waals surface area contributed by atoms with E-state index in [1.165, 1.54) is 6.42 Å². The number of hydrogen-bond donors (Lipinski definition) is 1. The number of aromatic nitrogens is 2. The molecular weight excluding hydrogens is 354 g/mol. The standard InChI is InChI=1S/C14H24BrN3O2S/c1-3-8-18-10-14(16-11(18)2)21(19,20)17-13-7-5-4-6-12(13)9-15/h10,12-13,17H,3-9H2,1-2H3. The number of rotatable bonds is 6. The molecule has 0 radical (unpaired) electrons. The number of sulfonamides is 1. The van der Waals surface area contributed by atoms with Crippen molar-refractivity contribution in [2.75, 3.05) is 5.33 Å². The van der Waals surface area contributed by atoms with E-state index in [0.29, 0.717) is 5.92 Å². The highest BCUT2D eigenvalue weighted by molar-refractivity contribution is 9.09. The van der Waals surface area contributed by atoms with E-state index >= 15 is 0 Å². The van der Waals surface area contributed by atoms with Gasteiger partial charge < -0.3 is 4.57 Å². The minimum Gasteiger partial charge on any atom is -0.334 e. The van der Waals surface area contributed by atoms with Gasteiger partial charge in [-0.05, 0) is 32.1 Å². The van der Waals surface area contributed by atoms with Crippen LogP contribution in [0.4, 0.5) is 0 Å². The first kappa shape index (κ1) is 17.0. The summed E-state index contributed by atoms with van der Waals surface area (Å²) in [6.45, 7) is 4.70. The number of aryl methyl sites for hydroxylation is 2. The Morgan fingerprint density at radius 3 is 2.81 bits per heavy atom. The predicted octanol–water partition coefficient (Wildman–Crippen LogP) is 2.83. The first-order chi connectivity index (χ1) is 9.97. The zero-order valence-electron chi connectivity index (χ0n) is 12.7. The largest absolute Gasteiger partial charge is 0.334 e. The lowest BCUT2D eigenvalue weighted by Gasteiger charge is -2.30. The van der Waals surface area contributed by atoms with Crippen molar-refractivity contribution < 1.29 is 8.42 Å². The molecule has 120 valence electrons. The summed E-state index contributed by atoms with van der Waals surface area (Å²) in [5, 5.41) is 0.982. The van der Waals surface area contributed by atoms with E-state index in [4.69, 9.17) is 0 Å². The molecule has 2 unspecified atom stereocenters. The van der Waals surface area contributed by atoms with Gasteiger partial charge in [-0.25, -0.2) is 18.1 Å². The van der Waals surface area contributed by atoms with Crippen molar-refractivity contribution in [3.8, 4) is 0 Å². The zero-order valence-corrected chi connectivity index (χ0v) is 15.1. The Labute approximate surface area is 135 Å². The monoisotopic (exact) mass is 377 g/mol. The van der Waals surface area contributed by atoms with E-state index in [-0.39, 0.29) is 11.1 Å². The molecule has 0 bridgehead atoms. The van der Waals surface area contributed by atoms with E-state index < -0.39 is 10.0 Å². The summed E-state index contributed by atoms with van der Waals surface area (Å²) < 4.78 is 29.8. The third-order valence-electron chi connectivity index (χ3n) is 4.11. The average Bonchev–Trinajstić information content (AvgIpc) is 2.82. The van der Waals surface area contributed by atoms with Crippen LogP contribution >= 0.6 is 15.9 Å². The number of hydrogen-bond acceptors (Lipinski definition) is 3. The van der Waals surface area contributed by atoms with Crippen LogP contribution in [0.1, 0.15) is 44.9 Å². The van der Waals surface area contributed by atoms with Gasteiger partial charge in [-0.2, -0.15) is 0 Å². The van der Waals surface area contributed by atoms with Gasteiger partial charge in [0.25, 0.3) is 10.0 Å². The lowest BCUT2D eigenvalue weighted by Crippen LogP contribution is -2.42.